The van der Waals surface area contributed by atoms with Crippen LogP contribution in [-0.2, 0) is 0 Å². The number of anilines is 1. The number of aromatic hydroxyl groups is 1. The number of hydrogen-bond donors (Lipinski definition) is 3. The van der Waals surface area contributed by atoms with E-state index in [2.05, 4.69) is 29.5 Å². The monoisotopic (exact) mass is 473 g/mol. The number of fused-ring (bicyclic) bond motifs is 1. The summed E-state index contributed by atoms with van der Waals surface area (Å²) in [7, 11) is 0. The number of carbonyl (C=O) groups is 1. The molecule has 1 aromatic heterocycles. The minimum absolute atomic E-state index is 0.0119. The summed E-state index contributed by atoms with van der Waals surface area (Å²) in [6.45, 7) is 8.20. The molecule has 1 amide bonds. The lowest BCUT2D eigenvalue weighted by Gasteiger charge is -2.11. The Bertz CT molecular complexity index is 1370. The molecule has 0 aliphatic heterocycles. The zero-order chi connectivity index (χ0) is 24.4. The summed E-state index contributed by atoms with van der Waals surface area (Å²) in [4.78, 5) is 17.1. The van der Waals surface area contributed by atoms with Crippen LogP contribution in [0.1, 0.15) is 53.2 Å². The van der Waals surface area contributed by atoms with Gasteiger partial charge in [-0.2, -0.15) is 0 Å². The predicted molar refractivity (Wildman–Crippen MR) is 139 cm³/mol. The van der Waals surface area contributed by atoms with Crippen molar-refractivity contribution in [3.8, 4) is 17.2 Å². The van der Waals surface area contributed by atoms with Crippen LogP contribution in [0.5, 0.6) is 5.75 Å². The third kappa shape index (κ3) is 5.10. The first-order chi connectivity index (χ1) is 16.2. The fourth-order valence-electron chi connectivity index (χ4n) is 3.84. The van der Waals surface area contributed by atoms with Crippen LogP contribution >= 0.6 is 12.2 Å². The summed E-state index contributed by atoms with van der Waals surface area (Å²) < 4.78 is 5.87. The van der Waals surface area contributed by atoms with Crippen molar-refractivity contribution >= 4 is 40.0 Å². The van der Waals surface area contributed by atoms with Gasteiger partial charge < -0.3 is 14.8 Å². The summed E-state index contributed by atoms with van der Waals surface area (Å²) in [5.41, 5.74) is 6.16. The van der Waals surface area contributed by atoms with Crippen LogP contribution in [0.15, 0.2) is 59.0 Å². The van der Waals surface area contributed by atoms with E-state index in [1.54, 1.807) is 24.3 Å². The number of hydrogen-bond acceptors (Lipinski definition) is 5. The Hall–Kier alpha value is -3.71. The minimum Gasteiger partial charge on any atom is -0.507 e. The maximum absolute atomic E-state index is 12.5. The molecule has 7 heteroatoms. The maximum atomic E-state index is 12.5. The number of oxazole rings is 1. The molecule has 0 aliphatic rings. The molecule has 0 fully saturated rings. The van der Waals surface area contributed by atoms with Crippen molar-refractivity contribution in [1.82, 2.24) is 10.3 Å². The van der Waals surface area contributed by atoms with Crippen molar-refractivity contribution in [2.75, 3.05) is 5.32 Å². The molecule has 1 heterocycles. The molecule has 4 aromatic rings. The first-order valence-corrected chi connectivity index (χ1v) is 11.6. The topological polar surface area (TPSA) is 87.4 Å². The number of rotatable bonds is 5. The molecule has 34 heavy (non-hydrogen) atoms. The van der Waals surface area contributed by atoms with Gasteiger partial charge >= 0.3 is 0 Å². The highest BCUT2D eigenvalue weighted by atomic mass is 32.1. The molecule has 0 bridgehead atoms. The number of benzene rings is 3. The van der Waals surface area contributed by atoms with E-state index >= 15 is 0 Å². The van der Waals surface area contributed by atoms with Gasteiger partial charge in [-0.1, -0.05) is 37.1 Å². The number of phenolic OH excluding ortho intramolecular Hbond substituents is 1. The largest absolute Gasteiger partial charge is 0.507 e. The Morgan fingerprint density at radius 3 is 2.50 bits per heavy atom. The summed E-state index contributed by atoms with van der Waals surface area (Å²) >= 11 is 5.28. The van der Waals surface area contributed by atoms with Crippen molar-refractivity contribution in [2.24, 2.45) is 0 Å². The Kier molecular flexibility index (Phi) is 6.65. The van der Waals surface area contributed by atoms with Crippen LogP contribution in [-0.4, -0.2) is 21.1 Å². The standard InChI is InChI=1S/C27H27N3O3S/c1-5-17(4)18-6-9-24-22(13-18)29-26(33-24)21-8-7-20(14-23(21)31)28-27(34)30-25(32)19-11-15(2)10-16(3)12-19/h6-14,17,31H,5H2,1-4H3,(H2,28,30,32,34)/t17-/m0/s1. The molecule has 0 radical (unpaired) electrons. The number of thiocarbonyl (C=S) groups is 1. The Morgan fingerprint density at radius 2 is 1.82 bits per heavy atom. The normalized spacial score (nSPS) is 11.9. The van der Waals surface area contributed by atoms with Crippen LogP contribution < -0.4 is 10.6 Å². The third-order valence-electron chi connectivity index (χ3n) is 5.79. The van der Waals surface area contributed by atoms with Crippen molar-refractivity contribution in [3.05, 3.63) is 76.9 Å². The number of phenols is 1. The second-order valence-corrected chi connectivity index (χ2v) is 8.98. The summed E-state index contributed by atoms with van der Waals surface area (Å²) in [6.07, 6.45) is 1.04. The molecule has 0 saturated heterocycles. The zero-order valence-corrected chi connectivity index (χ0v) is 20.4. The van der Waals surface area contributed by atoms with Crippen molar-refractivity contribution in [2.45, 2.75) is 40.0 Å². The molecule has 4 rings (SSSR count). The Balaban J connectivity index is 1.48. The number of amides is 1. The zero-order valence-electron chi connectivity index (χ0n) is 19.6. The molecule has 3 N–H and O–H groups in total. The van der Waals surface area contributed by atoms with Crippen LogP contribution in [0.2, 0.25) is 0 Å². The highest BCUT2D eigenvalue weighted by Crippen LogP contribution is 2.34. The lowest BCUT2D eigenvalue weighted by Crippen LogP contribution is -2.34. The molecular formula is C27H27N3O3S. The molecular weight excluding hydrogens is 446 g/mol. The fraction of sp³-hybridized carbons (Fsp3) is 0.222. The van der Waals surface area contributed by atoms with E-state index in [0.29, 0.717) is 34.2 Å². The number of carbonyl (C=O) groups excluding carboxylic acids is 1. The van der Waals surface area contributed by atoms with Crippen LogP contribution in [0.4, 0.5) is 5.69 Å². The smallest absolute Gasteiger partial charge is 0.257 e. The number of aryl methyl sites for hydroxylation is 2. The first kappa shape index (κ1) is 23.4. The summed E-state index contributed by atoms with van der Waals surface area (Å²) in [6, 6.07) is 16.6. The van der Waals surface area contributed by atoms with Gasteiger partial charge in [0.2, 0.25) is 5.89 Å². The molecule has 3 aromatic carbocycles. The number of nitrogens with one attached hydrogen (secondary N) is 2. The van der Waals surface area contributed by atoms with Gasteiger partial charge in [0.1, 0.15) is 11.3 Å². The molecule has 6 nitrogen and oxygen atoms in total. The van der Waals surface area contributed by atoms with Gasteiger partial charge in [0.25, 0.3) is 5.91 Å². The molecule has 0 aliphatic carbocycles. The van der Waals surface area contributed by atoms with Gasteiger partial charge in [-0.25, -0.2) is 4.98 Å². The lowest BCUT2D eigenvalue weighted by molar-refractivity contribution is 0.0977. The maximum Gasteiger partial charge on any atom is 0.257 e. The highest BCUT2D eigenvalue weighted by molar-refractivity contribution is 7.80. The van der Waals surface area contributed by atoms with Crippen molar-refractivity contribution < 1.29 is 14.3 Å². The van der Waals surface area contributed by atoms with Crippen LogP contribution in [0, 0.1) is 13.8 Å². The second kappa shape index (κ2) is 9.65. The van der Waals surface area contributed by atoms with E-state index in [9.17, 15) is 9.90 Å². The van der Waals surface area contributed by atoms with E-state index in [1.165, 1.54) is 11.6 Å². The SMILES string of the molecule is CC[C@H](C)c1ccc2oc(-c3ccc(NC(=S)NC(=O)c4cc(C)cc(C)c4)cc3O)nc2c1. The van der Waals surface area contributed by atoms with Gasteiger partial charge in [0, 0.05) is 17.3 Å². The van der Waals surface area contributed by atoms with E-state index in [-0.39, 0.29) is 16.8 Å². The van der Waals surface area contributed by atoms with E-state index in [0.717, 1.165) is 23.1 Å². The quantitative estimate of drug-likeness (QED) is 0.289. The fourth-order valence-corrected chi connectivity index (χ4v) is 4.05. The molecule has 0 saturated carbocycles. The average Bonchev–Trinajstić information content (AvgIpc) is 3.20. The minimum atomic E-state index is -0.298. The highest BCUT2D eigenvalue weighted by Gasteiger charge is 2.15. The molecule has 1 atom stereocenters. The van der Waals surface area contributed by atoms with Gasteiger partial charge in [-0.3, -0.25) is 10.1 Å². The van der Waals surface area contributed by atoms with Crippen LogP contribution in [0.3, 0.4) is 0 Å². The molecule has 0 spiro atoms. The van der Waals surface area contributed by atoms with E-state index < -0.39 is 0 Å². The Labute approximate surface area is 204 Å². The second-order valence-electron chi connectivity index (χ2n) is 8.57. The van der Waals surface area contributed by atoms with Crippen molar-refractivity contribution in [3.63, 3.8) is 0 Å². The predicted octanol–water partition coefficient (Wildman–Crippen LogP) is 6.46. The number of aromatic nitrogens is 1. The average molecular weight is 474 g/mol. The van der Waals surface area contributed by atoms with Gasteiger partial charge in [0.05, 0.1) is 5.56 Å². The van der Waals surface area contributed by atoms with Gasteiger partial charge in [-0.15, -0.1) is 0 Å². The lowest BCUT2D eigenvalue weighted by atomic mass is 9.98. The van der Waals surface area contributed by atoms with Crippen molar-refractivity contribution in [1.29, 1.82) is 0 Å². The summed E-state index contributed by atoms with van der Waals surface area (Å²) in [5, 5.41) is 16.4. The third-order valence-corrected chi connectivity index (χ3v) is 5.99. The van der Waals surface area contributed by atoms with E-state index in [4.69, 9.17) is 16.6 Å². The van der Waals surface area contributed by atoms with E-state index in [1.807, 2.05) is 38.1 Å². The summed E-state index contributed by atoms with van der Waals surface area (Å²) in [5.74, 6) is 0.462. The Morgan fingerprint density at radius 1 is 1.09 bits per heavy atom. The van der Waals surface area contributed by atoms with Crippen LogP contribution in [0.25, 0.3) is 22.6 Å². The van der Waals surface area contributed by atoms with Gasteiger partial charge in [-0.05, 0) is 80.4 Å². The first-order valence-electron chi connectivity index (χ1n) is 11.2. The molecule has 0 unspecified atom stereocenters. The van der Waals surface area contributed by atoms with Gasteiger partial charge in [0.15, 0.2) is 10.7 Å². The number of nitrogens with zero attached hydrogens (tertiary/aromatic N) is 1. The molecule has 174 valence electrons.